The van der Waals surface area contributed by atoms with Gasteiger partial charge in [-0.05, 0) is 42.7 Å². The van der Waals surface area contributed by atoms with E-state index in [9.17, 15) is 9.59 Å². The predicted octanol–water partition coefficient (Wildman–Crippen LogP) is 4.54. The van der Waals surface area contributed by atoms with Gasteiger partial charge in [-0.25, -0.2) is 4.98 Å². The Morgan fingerprint density at radius 1 is 1.09 bits per heavy atom. The Kier molecular flexibility index (Phi) is 7.39. The summed E-state index contributed by atoms with van der Waals surface area (Å²) in [4.78, 5) is 31.5. The Balaban J connectivity index is 1.23. The molecule has 2 amide bonds. The van der Waals surface area contributed by atoms with Crippen LogP contribution in [0.15, 0.2) is 60.0 Å². The summed E-state index contributed by atoms with van der Waals surface area (Å²) in [7, 11) is 0. The minimum absolute atomic E-state index is 0.0521. The molecule has 1 saturated heterocycles. The fourth-order valence-corrected chi connectivity index (χ4v) is 4.39. The van der Waals surface area contributed by atoms with Crippen molar-refractivity contribution in [1.29, 1.82) is 0 Å². The average molecular weight is 470 g/mol. The van der Waals surface area contributed by atoms with Gasteiger partial charge in [0.25, 0.3) is 5.91 Å². The Hall–Kier alpha value is -2.90. The highest BCUT2D eigenvalue weighted by Crippen LogP contribution is 2.22. The van der Waals surface area contributed by atoms with E-state index in [0.717, 1.165) is 10.6 Å². The summed E-state index contributed by atoms with van der Waals surface area (Å²) >= 11 is 7.28. The predicted molar refractivity (Wildman–Crippen MR) is 125 cm³/mol. The molecule has 166 valence electrons. The lowest BCUT2D eigenvalue weighted by molar-refractivity contribution is -0.126. The maximum atomic E-state index is 12.8. The zero-order chi connectivity index (χ0) is 22.3. The number of nitrogens with one attached hydrogen (secondary N) is 1. The van der Waals surface area contributed by atoms with Crippen LogP contribution in [-0.4, -0.2) is 34.8 Å². The number of nitrogens with zero attached hydrogens (tertiary/aromatic N) is 2. The Labute approximate surface area is 196 Å². The van der Waals surface area contributed by atoms with E-state index >= 15 is 0 Å². The van der Waals surface area contributed by atoms with Crippen molar-refractivity contribution in [3.8, 4) is 5.75 Å². The van der Waals surface area contributed by atoms with Crippen molar-refractivity contribution in [3.63, 3.8) is 0 Å². The van der Waals surface area contributed by atoms with Crippen molar-refractivity contribution >= 4 is 34.8 Å². The quantitative estimate of drug-likeness (QED) is 0.551. The van der Waals surface area contributed by atoms with Crippen LogP contribution < -0.4 is 10.1 Å². The molecule has 1 aliphatic rings. The molecule has 3 aromatic rings. The molecular formula is C24H24ClN3O3S. The van der Waals surface area contributed by atoms with E-state index < -0.39 is 0 Å². The van der Waals surface area contributed by atoms with Crippen molar-refractivity contribution in [2.75, 3.05) is 13.1 Å². The fourth-order valence-electron chi connectivity index (χ4n) is 3.59. The molecule has 6 nitrogen and oxygen atoms in total. The largest absolute Gasteiger partial charge is 0.486 e. The standard InChI is InChI=1S/C24H24ClN3O3S/c25-19-6-8-20(9-7-19)31-15-22-27-21(16-32-22)24(30)28-12-10-18(11-13-28)23(29)26-14-17-4-2-1-3-5-17/h1-9,16,18H,10-15H2,(H,26,29). The number of carbonyl (C=O) groups excluding carboxylic acids is 2. The van der Waals surface area contributed by atoms with Crippen molar-refractivity contribution < 1.29 is 14.3 Å². The lowest BCUT2D eigenvalue weighted by Gasteiger charge is -2.30. The lowest BCUT2D eigenvalue weighted by atomic mass is 9.95. The van der Waals surface area contributed by atoms with Gasteiger partial charge in [0, 0.05) is 36.0 Å². The molecule has 2 heterocycles. The molecule has 0 unspecified atom stereocenters. The average Bonchev–Trinajstić information content (AvgIpc) is 3.31. The number of carbonyl (C=O) groups is 2. The molecule has 32 heavy (non-hydrogen) atoms. The lowest BCUT2D eigenvalue weighted by Crippen LogP contribution is -2.43. The number of ether oxygens (including phenoxy) is 1. The van der Waals surface area contributed by atoms with Gasteiger partial charge in [0.1, 0.15) is 23.1 Å². The maximum Gasteiger partial charge on any atom is 0.273 e. The van der Waals surface area contributed by atoms with Gasteiger partial charge in [-0.2, -0.15) is 0 Å². The molecule has 0 spiro atoms. The molecule has 0 bridgehead atoms. The van der Waals surface area contributed by atoms with E-state index in [1.54, 1.807) is 34.5 Å². The van der Waals surface area contributed by atoms with Crippen LogP contribution in [0.4, 0.5) is 0 Å². The number of piperidine rings is 1. The minimum Gasteiger partial charge on any atom is -0.486 e. The summed E-state index contributed by atoms with van der Waals surface area (Å²) in [5.74, 6) is 0.588. The monoisotopic (exact) mass is 469 g/mol. The van der Waals surface area contributed by atoms with Crippen molar-refractivity contribution in [3.05, 3.63) is 81.3 Å². The number of hydrogen-bond acceptors (Lipinski definition) is 5. The van der Waals surface area contributed by atoms with Crippen LogP contribution in [0, 0.1) is 5.92 Å². The SMILES string of the molecule is O=C(NCc1ccccc1)C1CCN(C(=O)c2csc(COc3ccc(Cl)cc3)n2)CC1. The van der Waals surface area contributed by atoms with Gasteiger partial charge in [0.15, 0.2) is 0 Å². The number of hydrogen-bond donors (Lipinski definition) is 1. The number of likely N-dealkylation sites (tertiary alicyclic amines) is 1. The van der Waals surface area contributed by atoms with Crippen molar-refractivity contribution in [1.82, 2.24) is 15.2 Å². The third-order valence-electron chi connectivity index (χ3n) is 5.41. The molecule has 0 radical (unpaired) electrons. The van der Waals surface area contributed by atoms with E-state index in [0.29, 0.717) is 55.5 Å². The summed E-state index contributed by atoms with van der Waals surface area (Å²) < 4.78 is 5.70. The van der Waals surface area contributed by atoms with Crippen LogP contribution in [-0.2, 0) is 17.9 Å². The zero-order valence-electron chi connectivity index (χ0n) is 17.5. The maximum absolute atomic E-state index is 12.8. The Morgan fingerprint density at radius 2 is 1.81 bits per heavy atom. The van der Waals surface area contributed by atoms with Crippen LogP contribution in [0.2, 0.25) is 5.02 Å². The fraction of sp³-hybridized carbons (Fsp3) is 0.292. The second-order valence-corrected chi connectivity index (χ2v) is 9.02. The number of benzene rings is 2. The molecule has 1 N–H and O–H groups in total. The molecule has 8 heteroatoms. The van der Waals surface area contributed by atoms with Crippen molar-refractivity contribution in [2.24, 2.45) is 5.92 Å². The first kappa shape index (κ1) is 22.3. The number of amides is 2. The van der Waals surface area contributed by atoms with Gasteiger partial charge in [0.05, 0.1) is 0 Å². The van der Waals surface area contributed by atoms with Crippen LogP contribution in [0.5, 0.6) is 5.75 Å². The Bertz CT molecular complexity index is 1050. The second-order valence-electron chi connectivity index (χ2n) is 7.64. The summed E-state index contributed by atoms with van der Waals surface area (Å²) in [6.07, 6.45) is 1.31. The normalized spacial score (nSPS) is 14.2. The number of aromatic nitrogens is 1. The third-order valence-corrected chi connectivity index (χ3v) is 6.48. The van der Waals surface area contributed by atoms with Crippen LogP contribution >= 0.6 is 22.9 Å². The van der Waals surface area contributed by atoms with Crippen LogP contribution in [0.3, 0.4) is 0 Å². The van der Waals surface area contributed by atoms with E-state index in [-0.39, 0.29) is 17.7 Å². The smallest absolute Gasteiger partial charge is 0.273 e. The molecule has 0 atom stereocenters. The molecule has 2 aromatic carbocycles. The first-order valence-corrected chi connectivity index (χ1v) is 11.8. The van der Waals surface area contributed by atoms with Crippen LogP contribution in [0.1, 0.15) is 33.9 Å². The number of halogens is 1. The first-order valence-electron chi connectivity index (χ1n) is 10.5. The highest BCUT2D eigenvalue weighted by molar-refractivity contribution is 7.09. The van der Waals surface area contributed by atoms with Gasteiger partial charge < -0.3 is 15.0 Å². The molecular weight excluding hydrogens is 446 g/mol. The topological polar surface area (TPSA) is 71.5 Å². The molecule has 1 aromatic heterocycles. The third kappa shape index (κ3) is 5.87. The summed E-state index contributed by atoms with van der Waals surface area (Å²) in [6, 6.07) is 17.0. The van der Waals surface area contributed by atoms with Crippen LogP contribution in [0.25, 0.3) is 0 Å². The summed E-state index contributed by atoms with van der Waals surface area (Å²) in [5, 5.41) is 6.15. The zero-order valence-corrected chi connectivity index (χ0v) is 19.1. The second kappa shape index (κ2) is 10.6. The van der Waals surface area contributed by atoms with Crippen molar-refractivity contribution in [2.45, 2.75) is 26.0 Å². The number of thiazole rings is 1. The van der Waals surface area contributed by atoms with E-state index in [4.69, 9.17) is 16.3 Å². The van der Waals surface area contributed by atoms with Gasteiger partial charge in [-0.1, -0.05) is 41.9 Å². The summed E-state index contributed by atoms with van der Waals surface area (Å²) in [5.41, 5.74) is 1.50. The van der Waals surface area contributed by atoms with Gasteiger partial charge in [0.2, 0.25) is 5.91 Å². The summed E-state index contributed by atoms with van der Waals surface area (Å²) in [6.45, 7) is 1.93. The molecule has 4 rings (SSSR count). The molecule has 0 saturated carbocycles. The van der Waals surface area contributed by atoms with E-state index in [2.05, 4.69) is 10.3 Å². The van der Waals surface area contributed by atoms with Gasteiger partial charge in [-0.15, -0.1) is 11.3 Å². The highest BCUT2D eigenvalue weighted by Gasteiger charge is 2.28. The molecule has 0 aliphatic carbocycles. The van der Waals surface area contributed by atoms with Gasteiger partial charge in [-0.3, -0.25) is 9.59 Å². The van der Waals surface area contributed by atoms with Gasteiger partial charge >= 0.3 is 0 Å². The minimum atomic E-state index is -0.0952. The molecule has 1 aliphatic heterocycles. The van der Waals surface area contributed by atoms with E-state index in [1.165, 1.54) is 11.3 Å². The first-order chi connectivity index (χ1) is 15.6. The molecule has 1 fully saturated rings. The highest BCUT2D eigenvalue weighted by atomic mass is 35.5. The Morgan fingerprint density at radius 3 is 2.53 bits per heavy atom. The number of rotatable bonds is 7. The van der Waals surface area contributed by atoms with E-state index in [1.807, 2.05) is 30.3 Å².